The molecule has 3 atom stereocenters. The van der Waals surface area contributed by atoms with E-state index in [2.05, 4.69) is 17.2 Å². The highest BCUT2D eigenvalue weighted by Crippen LogP contribution is 2.32. The fourth-order valence-corrected chi connectivity index (χ4v) is 6.51. The minimum absolute atomic E-state index is 0.0562. The molecular weight excluding hydrogens is 529 g/mol. The molecule has 0 saturated carbocycles. The van der Waals surface area contributed by atoms with E-state index >= 15 is 0 Å². The summed E-state index contributed by atoms with van der Waals surface area (Å²) in [5, 5.41) is 10.1. The Labute approximate surface area is 226 Å². The second-order valence-electron chi connectivity index (χ2n) is 8.60. The van der Waals surface area contributed by atoms with E-state index in [-0.39, 0.29) is 16.9 Å². The van der Waals surface area contributed by atoms with Crippen molar-refractivity contribution < 1.29 is 18.4 Å². The maximum Gasteiger partial charge on any atom is 0.267 e. The molecule has 3 unspecified atom stereocenters. The molecule has 2 heterocycles. The highest BCUT2D eigenvalue weighted by atomic mass is 32.2. The minimum Gasteiger partial charge on any atom is -0.321 e. The molecule has 0 saturated heterocycles. The summed E-state index contributed by atoms with van der Waals surface area (Å²) in [7, 11) is 0. The van der Waals surface area contributed by atoms with E-state index in [1.165, 1.54) is 11.3 Å². The van der Waals surface area contributed by atoms with Gasteiger partial charge in [0.25, 0.3) is 5.91 Å². The van der Waals surface area contributed by atoms with Crippen molar-refractivity contribution in [2.24, 2.45) is 5.10 Å². The quantitative estimate of drug-likeness (QED) is 0.282. The molecule has 3 aromatic rings. The number of carbonyl (C=O) groups is 2. The van der Waals surface area contributed by atoms with Crippen molar-refractivity contribution in [1.82, 2.24) is 9.99 Å². The van der Waals surface area contributed by atoms with Gasteiger partial charge in [-0.2, -0.15) is 5.10 Å². The first-order valence-corrected chi connectivity index (χ1v) is 14.8. The van der Waals surface area contributed by atoms with Gasteiger partial charge in [-0.3, -0.25) is 9.80 Å². The molecule has 1 amide bonds. The number of amides is 1. The van der Waals surface area contributed by atoms with Crippen LogP contribution in [0.25, 0.3) is 0 Å². The number of aryl methyl sites for hydroxylation is 2. The lowest BCUT2D eigenvalue weighted by Gasteiger charge is -2.34. The van der Waals surface area contributed by atoms with Gasteiger partial charge in [-0.25, -0.2) is 9.19 Å². The number of carbonyl (C=O) groups excluding carboxylic acids is 2. The molecule has 37 heavy (non-hydrogen) atoms. The maximum absolute atomic E-state index is 12.6. The van der Waals surface area contributed by atoms with Crippen LogP contribution in [0.15, 0.2) is 53.6 Å². The zero-order valence-corrected chi connectivity index (χ0v) is 23.2. The van der Waals surface area contributed by atoms with Gasteiger partial charge in [-0.05, 0) is 49.1 Å². The highest BCUT2D eigenvalue weighted by molar-refractivity contribution is 8.01. The second kappa shape index (κ2) is 12.1. The predicted molar refractivity (Wildman–Crippen MR) is 151 cm³/mol. The Hall–Kier alpha value is -2.86. The number of rotatable bonds is 9. The van der Waals surface area contributed by atoms with Gasteiger partial charge >= 0.3 is 0 Å². The molecule has 0 aliphatic carbocycles. The number of benzene rings is 2. The SMILES string of the molecule is CCC1SC(C=O)N(Cc2ccc(NC(=O)c3sc(C)nc3C)cc2)N=C1c1ccc(CS(=O)O)cc1. The molecule has 4 rings (SSSR count). The lowest BCUT2D eigenvalue weighted by atomic mass is 10.0. The third kappa shape index (κ3) is 6.72. The fourth-order valence-electron chi connectivity index (χ4n) is 4.05. The summed E-state index contributed by atoms with van der Waals surface area (Å²) < 4.78 is 20.3. The average Bonchev–Trinajstić information content (AvgIpc) is 3.23. The topological polar surface area (TPSA) is 112 Å². The Kier molecular flexibility index (Phi) is 8.91. The van der Waals surface area contributed by atoms with Crippen LogP contribution in [0.3, 0.4) is 0 Å². The van der Waals surface area contributed by atoms with Crippen LogP contribution in [0.4, 0.5) is 5.69 Å². The van der Waals surface area contributed by atoms with Crippen LogP contribution in [0, 0.1) is 13.8 Å². The Morgan fingerprint density at radius 1 is 1.14 bits per heavy atom. The van der Waals surface area contributed by atoms with E-state index in [9.17, 15) is 13.8 Å². The average molecular weight is 557 g/mol. The first-order chi connectivity index (χ1) is 17.8. The number of thioether (sulfide) groups is 1. The maximum atomic E-state index is 12.6. The highest BCUT2D eigenvalue weighted by Gasteiger charge is 2.31. The van der Waals surface area contributed by atoms with Gasteiger partial charge in [-0.1, -0.05) is 43.3 Å². The first kappa shape index (κ1) is 27.2. The zero-order valence-electron chi connectivity index (χ0n) is 20.7. The monoisotopic (exact) mass is 556 g/mol. The molecule has 2 aromatic carbocycles. The Morgan fingerprint density at radius 2 is 1.81 bits per heavy atom. The van der Waals surface area contributed by atoms with Gasteiger partial charge < -0.3 is 14.7 Å². The number of aromatic nitrogens is 1. The zero-order chi connectivity index (χ0) is 26.5. The summed E-state index contributed by atoms with van der Waals surface area (Å²) in [5.74, 6) is -0.0989. The van der Waals surface area contributed by atoms with E-state index in [1.807, 2.05) is 62.4 Å². The van der Waals surface area contributed by atoms with Crippen molar-refractivity contribution in [1.29, 1.82) is 0 Å². The molecule has 1 aromatic heterocycles. The minimum atomic E-state index is -1.89. The van der Waals surface area contributed by atoms with E-state index in [0.717, 1.165) is 45.8 Å². The number of nitrogens with one attached hydrogen (secondary N) is 1. The van der Waals surface area contributed by atoms with Gasteiger partial charge in [0, 0.05) is 5.69 Å². The van der Waals surface area contributed by atoms with Crippen LogP contribution in [0.5, 0.6) is 0 Å². The largest absolute Gasteiger partial charge is 0.321 e. The van der Waals surface area contributed by atoms with Gasteiger partial charge in [0.2, 0.25) is 0 Å². The van der Waals surface area contributed by atoms with Crippen molar-refractivity contribution in [2.45, 2.75) is 50.1 Å². The lowest BCUT2D eigenvalue weighted by molar-refractivity contribution is -0.110. The van der Waals surface area contributed by atoms with Crippen LogP contribution in [0.2, 0.25) is 0 Å². The van der Waals surface area contributed by atoms with E-state index in [4.69, 9.17) is 9.65 Å². The molecule has 1 aliphatic heterocycles. The number of nitrogens with zero attached hydrogens (tertiary/aromatic N) is 3. The van der Waals surface area contributed by atoms with Crippen LogP contribution in [0.1, 0.15) is 50.4 Å². The summed E-state index contributed by atoms with van der Waals surface area (Å²) in [6.07, 6.45) is 1.73. The van der Waals surface area contributed by atoms with Gasteiger partial charge in [0.05, 0.1) is 34.0 Å². The van der Waals surface area contributed by atoms with Crippen molar-refractivity contribution >= 4 is 57.8 Å². The number of hydrogen-bond donors (Lipinski definition) is 2. The fraction of sp³-hybridized carbons (Fsp3) is 0.308. The molecule has 2 N–H and O–H groups in total. The first-order valence-electron chi connectivity index (χ1n) is 11.7. The summed E-state index contributed by atoms with van der Waals surface area (Å²) in [6.45, 7) is 6.20. The normalized spacial score (nSPS) is 18.3. The van der Waals surface area contributed by atoms with Gasteiger partial charge in [0.15, 0.2) is 17.4 Å². The molecule has 0 fully saturated rings. The number of hydrazone groups is 1. The summed E-state index contributed by atoms with van der Waals surface area (Å²) in [6, 6.07) is 15.0. The molecule has 1 aliphatic rings. The van der Waals surface area contributed by atoms with Crippen molar-refractivity contribution in [3.05, 3.63) is 80.8 Å². The standard InChI is InChI=1S/C26H28N4O4S3/c1-4-22-24(20-9-5-19(6-10-20)15-37(33)34)29-30(23(14-31)36-22)13-18-7-11-21(12-8-18)28-26(32)25-16(2)27-17(3)35-25/h5-12,14,22-23H,4,13,15H2,1-3H3,(H,28,32)(H,33,34). The molecule has 0 bridgehead atoms. The van der Waals surface area contributed by atoms with Crippen molar-refractivity contribution in [3.8, 4) is 0 Å². The van der Waals surface area contributed by atoms with E-state index in [1.54, 1.807) is 16.8 Å². The molecule has 11 heteroatoms. The molecule has 8 nitrogen and oxygen atoms in total. The van der Waals surface area contributed by atoms with Gasteiger partial charge in [0.1, 0.15) is 10.3 Å². The molecule has 194 valence electrons. The number of anilines is 1. The van der Waals surface area contributed by atoms with E-state index < -0.39 is 16.5 Å². The van der Waals surface area contributed by atoms with Crippen LogP contribution < -0.4 is 5.32 Å². The summed E-state index contributed by atoms with van der Waals surface area (Å²) in [5.41, 5.74) is 4.93. The third-order valence-corrected chi connectivity index (χ3v) is 9.00. The van der Waals surface area contributed by atoms with Crippen LogP contribution in [-0.2, 0) is 28.2 Å². The predicted octanol–water partition coefficient (Wildman–Crippen LogP) is 4.99. The molecular formula is C26H28N4O4S3. The second-order valence-corrected chi connectivity index (χ2v) is 12.1. The Morgan fingerprint density at radius 3 is 2.38 bits per heavy atom. The molecule has 0 spiro atoms. The van der Waals surface area contributed by atoms with E-state index in [0.29, 0.717) is 17.1 Å². The van der Waals surface area contributed by atoms with Crippen molar-refractivity contribution in [3.63, 3.8) is 0 Å². The van der Waals surface area contributed by atoms with Crippen molar-refractivity contribution in [2.75, 3.05) is 5.32 Å². The van der Waals surface area contributed by atoms with Crippen LogP contribution in [-0.4, -0.2) is 47.3 Å². The summed E-state index contributed by atoms with van der Waals surface area (Å²) >= 11 is 1.04. The smallest absolute Gasteiger partial charge is 0.267 e. The summed E-state index contributed by atoms with van der Waals surface area (Å²) in [4.78, 5) is 29.4. The lowest BCUT2D eigenvalue weighted by Crippen LogP contribution is -2.39. The Bertz CT molecular complexity index is 1320. The number of aldehydes is 1. The molecule has 0 radical (unpaired) electrons. The van der Waals surface area contributed by atoms with Gasteiger partial charge in [-0.15, -0.1) is 23.1 Å². The Balaban J connectivity index is 1.51. The van der Waals surface area contributed by atoms with Crippen LogP contribution >= 0.6 is 23.1 Å². The number of hydrogen-bond acceptors (Lipinski definition) is 8. The third-order valence-electron chi connectivity index (χ3n) is 5.83. The number of thiazole rings is 1.